The molecule has 0 spiro atoms. The molecule has 8 heteroatoms. The van der Waals surface area contributed by atoms with Crippen LogP contribution >= 0.6 is 11.8 Å². The quantitative estimate of drug-likeness (QED) is 0.430. The van der Waals surface area contributed by atoms with Gasteiger partial charge in [0.05, 0.1) is 17.8 Å². The number of rotatable bonds is 10. The molecule has 2 aliphatic rings. The van der Waals surface area contributed by atoms with Gasteiger partial charge >= 0.3 is 5.97 Å². The van der Waals surface area contributed by atoms with Crippen molar-refractivity contribution >= 4 is 28.9 Å². The fraction of sp³-hybridized carbons (Fsp3) is 0.481. The number of carbonyl (C=O) groups is 3. The lowest BCUT2D eigenvalue weighted by molar-refractivity contribution is -0.155. The fourth-order valence-electron chi connectivity index (χ4n) is 4.35. The van der Waals surface area contributed by atoms with Gasteiger partial charge in [0.25, 0.3) is 5.24 Å². The van der Waals surface area contributed by atoms with Crippen molar-refractivity contribution in [3.05, 3.63) is 59.4 Å². The van der Waals surface area contributed by atoms with Crippen molar-refractivity contribution in [2.24, 2.45) is 5.92 Å². The van der Waals surface area contributed by atoms with Gasteiger partial charge in [0.15, 0.2) is 6.73 Å². The van der Waals surface area contributed by atoms with E-state index in [1.807, 2.05) is 36.5 Å². The minimum Gasteiger partial charge on any atom is -0.493 e. The molecule has 1 saturated carbocycles. The Hall–Kier alpha value is -2.87. The van der Waals surface area contributed by atoms with Crippen molar-refractivity contribution in [2.75, 3.05) is 13.3 Å². The topological polar surface area (TPSA) is 85.8 Å². The third-order valence-corrected chi connectivity index (χ3v) is 7.62. The van der Waals surface area contributed by atoms with Crippen LogP contribution in [0.15, 0.2) is 42.6 Å². The van der Waals surface area contributed by atoms with Crippen LogP contribution in [0, 0.1) is 5.92 Å². The van der Waals surface area contributed by atoms with Gasteiger partial charge in [-0.15, -0.1) is 0 Å². The lowest BCUT2D eigenvalue weighted by atomic mass is 9.89. The molecule has 2 amide bonds. The van der Waals surface area contributed by atoms with Crippen LogP contribution in [0.5, 0.6) is 5.75 Å². The second-order valence-corrected chi connectivity index (χ2v) is 10.2. The second-order valence-electron chi connectivity index (χ2n) is 9.02. The van der Waals surface area contributed by atoms with Crippen molar-refractivity contribution in [3.63, 3.8) is 0 Å². The summed E-state index contributed by atoms with van der Waals surface area (Å²) in [7, 11) is 0. The molecule has 1 aliphatic carbocycles. The molecule has 0 bridgehead atoms. The summed E-state index contributed by atoms with van der Waals surface area (Å²) in [6.45, 7) is 2.34. The number of benzene rings is 1. The Kier molecular flexibility index (Phi) is 8.79. The molecule has 1 aliphatic heterocycles. The number of carbonyl (C=O) groups excluding carboxylic acids is 3. The highest BCUT2D eigenvalue weighted by molar-refractivity contribution is 8.15. The van der Waals surface area contributed by atoms with Gasteiger partial charge in [-0.2, -0.15) is 0 Å². The standard InChI is InChI=1S/C27H32N2O5S/c1-2-19-8-11-22(28-17-19)14-15-33-23-12-9-20(10-13-23)16-24-25(30)29(27(32)35-24)18-34-26(31)21-6-4-3-5-7-21/h8-13,17,21,24H,2-7,14-16,18H2,1H3. The summed E-state index contributed by atoms with van der Waals surface area (Å²) in [4.78, 5) is 42.9. The summed E-state index contributed by atoms with van der Waals surface area (Å²) >= 11 is 0.990. The first-order chi connectivity index (χ1) is 17.0. The molecule has 186 valence electrons. The Morgan fingerprint density at radius 1 is 1.06 bits per heavy atom. The Bertz CT molecular complexity index is 1020. The minimum absolute atomic E-state index is 0.112. The third-order valence-electron chi connectivity index (χ3n) is 6.54. The van der Waals surface area contributed by atoms with Crippen LogP contribution < -0.4 is 4.74 Å². The normalized spacial score (nSPS) is 18.7. The van der Waals surface area contributed by atoms with Crippen molar-refractivity contribution in [3.8, 4) is 5.75 Å². The molecule has 2 heterocycles. The Labute approximate surface area is 210 Å². The van der Waals surface area contributed by atoms with Gasteiger partial charge in [0.1, 0.15) is 5.75 Å². The van der Waals surface area contributed by atoms with Gasteiger partial charge in [-0.1, -0.05) is 56.1 Å². The number of hydrogen-bond donors (Lipinski definition) is 0. The van der Waals surface area contributed by atoms with Crippen molar-refractivity contribution in [1.82, 2.24) is 9.88 Å². The van der Waals surface area contributed by atoms with E-state index < -0.39 is 5.25 Å². The van der Waals surface area contributed by atoms with Crippen molar-refractivity contribution < 1.29 is 23.9 Å². The van der Waals surface area contributed by atoms with E-state index in [2.05, 4.69) is 18.0 Å². The monoisotopic (exact) mass is 496 g/mol. The molecular formula is C27H32N2O5S. The number of esters is 1. The minimum atomic E-state index is -0.514. The van der Waals surface area contributed by atoms with Crippen LogP contribution in [-0.2, 0) is 33.6 Å². The van der Waals surface area contributed by atoms with Gasteiger partial charge in [-0.25, -0.2) is 4.90 Å². The highest BCUT2D eigenvalue weighted by Crippen LogP contribution is 2.31. The fourth-order valence-corrected chi connectivity index (χ4v) is 5.37. The second kappa shape index (κ2) is 12.2. The first-order valence-corrected chi connectivity index (χ1v) is 13.3. The van der Waals surface area contributed by atoms with Gasteiger partial charge in [-0.3, -0.25) is 19.4 Å². The highest BCUT2D eigenvalue weighted by Gasteiger charge is 2.40. The lowest BCUT2D eigenvalue weighted by Gasteiger charge is -2.21. The van der Waals surface area contributed by atoms with Gasteiger partial charge < -0.3 is 9.47 Å². The molecule has 2 aromatic rings. The van der Waals surface area contributed by atoms with E-state index in [1.165, 1.54) is 5.56 Å². The largest absolute Gasteiger partial charge is 0.493 e. The number of thioether (sulfide) groups is 1. The number of nitrogens with zero attached hydrogens (tertiary/aromatic N) is 2. The predicted octanol–water partition coefficient (Wildman–Crippen LogP) is 4.95. The lowest BCUT2D eigenvalue weighted by Crippen LogP contribution is -2.36. The Balaban J connectivity index is 1.22. The van der Waals surface area contributed by atoms with Crippen LogP contribution in [0.1, 0.15) is 55.8 Å². The molecule has 0 N–H and O–H groups in total. The molecule has 7 nitrogen and oxygen atoms in total. The molecule has 1 unspecified atom stereocenters. The predicted molar refractivity (Wildman–Crippen MR) is 134 cm³/mol. The summed E-state index contributed by atoms with van der Waals surface area (Å²) in [5, 5.41) is -0.878. The number of ether oxygens (including phenoxy) is 2. The first-order valence-electron chi connectivity index (χ1n) is 12.4. The molecule has 1 aromatic heterocycles. The van der Waals surface area contributed by atoms with E-state index in [4.69, 9.17) is 9.47 Å². The van der Waals surface area contributed by atoms with E-state index in [0.717, 1.165) is 78.6 Å². The zero-order valence-corrected chi connectivity index (χ0v) is 20.9. The van der Waals surface area contributed by atoms with E-state index in [0.29, 0.717) is 13.0 Å². The van der Waals surface area contributed by atoms with Crippen molar-refractivity contribution in [1.29, 1.82) is 0 Å². The first kappa shape index (κ1) is 25.2. The smallest absolute Gasteiger partial charge is 0.310 e. The van der Waals surface area contributed by atoms with Gasteiger partial charge in [0.2, 0.25) is 5.91 Å². The molecule has 1 saturated heterocycles. The van der Waals surface area contributed by atoms with Crippen LogP contribution in [0.25, 0.3) is 0 Å². The van der Waals surface area contributed by atoms with Crippen LogP contribution in [0.3, 0.4) is 0 Å². The molecule has 1 atom stereocenters. The summed E-state index contributed by atoms with van der Waals surface area (Å²) < 4.78 is 11.1. The van der Waals surface area contributed by atoms with Crippen molar-refractivity contribution in [2.45, 2.75) is 63.5 Å². The van der Waals surface area contributed by atoms with E-state index >= 15 is 0 Å². The average Bonchev–Trinajstić information content (AvgIpc) is 3.16. The SMILES string of the molecule is CCc1ccc(CCOc2ccc(CC3SC(=O)N(COC(=O)C4CCCCC4)C3=O)cc2)nc1. The molecular weight excluding hydrogens is 464 g/mol. The number of hydrogen-bond acceptors (Lipinski definition) is 7. The third kappa shape index (κ3) is 6.84. The molecule has 4 rings (SSSR count). The number of amides is 2. The summed E-state index contributed by atoms with van der Waals surface area (Å²) in [5.74, 6) is 0.0247. The maximum atomic E-state index is 12.8. The molecule has 0 radical (unpaired) electrons. The number of pyridine rings is 1. The van der Waals surface area contributed by atoms with Crippen LogP contribution in [-0.4, -0.2) is 45.6 Å². The summed E-state index contributed by atoms with van der Waals surface area (Å²) in [6, 6.07) is 11.7. The zero-order chi connectivity index (χ0) is 24.6. The number of aromatic nitrogens is 1. The summed E-state index contributed by atoms with van der Waals surface area (Å²) in [5.41, 5.74) is 3.15. The van der Waals surface area contributed by atoms with E-state index in [9.17, 15) is 14.4 Å². The van der Waals surface area contributed by atoms with E-state index in [1.54, 1.807) is 0 Å². The maximum Gasteiger partial charge on any atom is 0.310 e. The molecule has 1 aromatic carbocycles. The van der Waals surface area contributed by atoms with Crippen LogP contribution in [0.2, 0.25) is 0 Å². The number of imide groups is 1. The van der Waals surface area contributed by atoms with Gasteiger partial charge in [0, 0.05) is 18.3 Å². The number of aryl methyl sites for hydroxylation is 1. The van der Waals surface area contributed by atoms with Gasteiger partial charge in [-0.05, 0) is 55.0 Å². The van der Waals surface area contributed by atoms with Crippen LogP contribution in [0.4, 0.5) is 4.79 Å². The maximum absolute atomic E-state index is 12.8. The average molecular weight is 497 g/mol. The zero-order valence-electron chi connectivity index (χ0n) is 20.1. The Morgan fingerprint density at radius 2 is 1.80 bits per heavy atom. The summed E-state index contributed by atoms with van der Waals surface area (Å²) in [6.07, 6.45) is 8.85. The van der Waals surface area contributed by atoms with E-state index in [-0.39, 0.29) is 29.8 Å². The molecule has 35 heavy (non-hydrogen) atoms. The molecule has 2 fully saturated rings. The Morgan fingerprint density at radius 3 is 2.49 bits per heavy atom. The highest BCUT2D eigenvalue weighted by atomic mass is 32.2.